The Morgan fingerprint density at radius 2 is 1.38 bits per heavy atom. The molecule has 1 fully saturated rings. The molecule has 1 amide bonds. The molecule has 1 aliphatic rings. The SMILES string of the molecule is O=C(N/N=C\c1ccc([N+](=O)[O-])cc1)C1[C@H](c2ccccc2)[C@H]1c1ccccc1. The molecule has 29 heavy (non-hydrogen) atoms. The maximum Gasteiger partial charge on any atom is 0.269 e. The zero-order chi connectivity index (χ0) is 20.2. The van der Waals surface area contributed by atoms with Gasteiger partial charge in [-0.2, -0.15) is 5.10 Å². The second-order valence-electron chi connectivity index (χ2n) is 6.98. The summed E-state index contributed by atoms with van der Waals surface area (Å²) in [5.41, 5.74) is 5.59. The molecule has 1 aliphatic carbocycles. The third kappa shape index (κ3) is 4.06. The van der Waals surface area contributed by atoms with Crippen molar-refractivity contribution in [3.05, 3.63) is 112 Å². The van der Waals surface area contributed by atoms with Crippen molar-refractivity contribution >= 4 is 17.8 Å². The number of non-ortho nitro benzene ring substituents is 1. The number of benzene rings is 3. The Morgan fingerprint density at radius 3 is 1.86 bits per heavy atom. The fraction of sp³-hybridized carbons (Fsp3) is 0.130. The average molecular weight is 385 g/mol. The van der Waals surface area contributed by atoms with Crippen LogP contribution < -0.4 is 5.43 Å². The highest BCUT2D eigenvalue weighted by Gasteiger charge is 2.55. The van der Waals surface area contributed by atoms with E-state index in [1.807, 2.05) is 60.7 Å². The van der Waals surface area contributed by atoms with Crippen molar-refractivity contribution in [3.8, 4) is 0 Å². The van der Waals surface area contributed by atoms with E-state index < -0.39 is 4.92 Å². The van der Waals surface area contributed by atoms with Crippen molar-refractivity contribution in [1.82, 2.24) is 5.43 Å². The first-order valence-electron chi connectivity index (χ1n) is 9.32. The van der Waals surface area contributed by atoms with E-state index in [0.717, 1.165) is 11.1 Å². The maximum atomic E-state index is 12.8. The van der Waals surface area contributed by atoms with Gasteiger partial charge in [0, 0.05) is 24.0 Å². The molecular weight excluding hydrogens is 366 g/mol. The second-order valence-corrected chi connectivity index (χ2v) is 6.98. The van der Waals surface area contributed by atoms with E-state index in [4.69, 9.17) is 0 Å². The van der Waals surface area contributed by atoms with E-state index in [9.17, 15) is 14.9 Å². The van der Waals surface area contributed by atoms with Crippen LogP contribution in [0.3, 0.4) is 0 Å². The van der Waals surface area contributed by atoms with Crippen molar-refractivity contribution in [2.45, 2.75) is 11.8 Å². The Hall–Kier alpha value is -3.80. The lowest BCUT2D eigenvalue weighted by Crippen LogP contribution is -2.20. The van der Waals surface area contributed by atoms with Crippen LogP contribution in [-0.2, 0) is 4.79 Å². The van der Waals surface area contributed by atoms with Gasteiger partial charge in [-0.1, -0.05) is 60.7 Å². The van der Waals surface area contributed by atoms with E-state index in [1.54, 1.807) is 12.1 Å². The summed E-state index contributed by atoms with van der Waals surface area (Å²) in [6.07, 6.45) is 1.49. The van der Waals surface area contributed by atoms with Crippen LogP contribution in [0.4, 0.5) is 5.69 Å². The van der Waals surface area contributed by atoms with Gasteiger partial charge in [0.2, 0.25) is 5.91 Å². The standard InChI is InChI=1S/C23H19N3O3/c27-23(25-24-15-16-11-13-19(14-12-16)26(28)29)22-20(17-7-3-1-4-8-17)21(22)18-9-5-2-6-10-18/h1-15,20-22H,(H,25,27)/b24-15-/t20-,21-/m1/s1. The minimum atomic E-state index is -0.455. The maximum absolute atomic E-state index is 12.8. The van der Waals surface area contributed by atoms with Gasteiger partial charge in [0.25, 0.3) is 5.69 Å². The van der Waals surface area contributed by atoms with Crippen LogP contribution >= 0.6 is 0 Å². The number of hydrogen-bond acceptors (Lipinski definition) is 4. The summed E-state index contributed by atoms with van der Waals surface area (Å²) < 4.78 is 0. The molecular formula is C23H19N3O3. The number of hydrogen-bond donors (Lipinski definition) is 1. The lowest BCUT2D eigenvalue weighted by Gasteiger charge is -2.00. The summed E-state index contributed by atoms with van der Waals surface area (Å²) in [5.74, 6) is -0.0824. The lowest BCUT2D eigenvalue weighted by atomic mass is 10.0. The third-order valence-electron chi connectivity index (χ3n) is 5.18. The summed E-state index contributed by atoms with van der Waals surface area (Å²) in [7, 11) is 0. The number of carbonyl (C=O) groups is 1. The van der Waals surface area contributed by atoms with Gasteiger partial charge in [0.1, 0.15) is 0 Å². The van der Waals surface area contributed by atoms with E-state index in [-0.39, 0.29) is 29.3 Å². The number of nitrogens with zero attached hydrogens (tertiary/aromatic N) is 2. The summed E-state index contributed by atoms with van der Waals surface area (Å²) in [4.78, 5) is 23.0. The van der Waals surface area contributed by atoms with E-state index in [1.165, 1.54) is 18.3 Å². The minimum Gasteiger partial charge on any atom is -0.273 e. The van der Waals surface area contributed by atoms with Gasteiger partial charge in [0.15, 0.2) is 0 Å². The van der Waals surface area contributed by atoms with Gasteiger partial charge in [-0.25, -0.2) is 5.43 Å². The first-order chi connectivity index (χ1) is 14.1. The van der Waals surface area contributed by atoms with Gasteiger partial charge in [0.05, 0.1) is 17.1 Å². The van der Waals surface area contributed by atoms with Crippen LogP contribution in [0.15, 0.2) is 90.0 Å². The zero-order valence-corrected chi connectivity index (χ0v) is 15.5. The molecule has 0 spiro atoms. The largest absolute Gasteiger partial charge is 0.273 e. The molecule has 1 saturated carbocycles. The molecule has 4 rings (SSSR count). The molecule has 6 nitrogen and oxygen atoms in total. The number of amides is 1. The van der Waals surface area contributed by atoms with Crippen LogP contribution in [-0.4, -0.2) is 17.0 Å². The number of nitro groups is 1. The van der Waals surface area contributed by atoms with Gasteiger partial charge >= 0.3 is 0 Å². The first-order valence-corrected chi connectivity index (χ1v) is 9.32. The Kier molecular flexibility index (Phi) is 5.16. The van der Waals surface area contributed by atoms with Crippen molar-refractivity contribution in [2.24, 2.45) is 11.0 Å². The molecule has 0 aliphatic heterocycles. The molecule has 0 saturated heterocycles. The van der Waals surface area contributed by atoms with Gasteiger partial charge in [-0.15, -0.1) is 0 Å². The van der Waals surface area contributed by atoms with Crippen molar-refractivity contribution in [3.63, 3.8) is 0 Å². The molecule has 144 valence electrons. The monoisotopic (exact) mass is 385 g/mol. The lowest BCUT2D eigenvalue weighted by molar-refractivity contribution is -0.384. The number of nitrogens with one attached hydrogen (secondary N) is 1. The first kappa shape index (κ1) is 18.6. The minimum absolute atomic E-state index is 0.0144. The van der Waals surface area contributed by atoms with Crippen LogP contribution in [0.1, 0.15) is 28.5 Å². The Bertz CT molecular complexity index is 988. The van der Waals surface area contributed by atoms with Gasteiger partial charge < -0.3 is 0 Å². The smallest absolute Gasteiger partial charge is 0.269 e. The molecule has 0 heterocycles. The second kappa shape index (κ2) is 8.06. The van der Waals surface area contributed by atoms with E-state index in [0.29, 0.717) is 5.56 Å². The predicted molar refractivity (Wildman–Crippen MR) is 111 cm³/mol. The van der Waals surface area contributed by atoms with Crippen LogP contribution in [0.2, 0.25) is 0 Å². The van der Waals surface area contributed by atoms with E-state index >= 15 is 0 Å². The number of rotatable bonds is 6. The molecule has 0 bridgehead atoms. The van der Waals surface area contributed by atoms with Crippen molar-refractivity contribution in [1.29, 1.82) is 0 Å². The highest BCUT2D eigenvalue weighted by Crippen LogP contribution is 2.60. The topological polar surface area (TPSA) is 84.6 Å². The zero-order valence-electron chi connectivity index (χ0n) is 15.5. The fourth-order valence-corrected chi connectivity index (χ4v) is 3.74. The Labute approximate surface area is 168 Å². The normalized spacial score (nSPS) is 20.3. The molecule has 6 heteroatoms. The Morgan fingerprint density at radius 1 is 0.862 bits per heavy atom. The molecule has 0 unspecified atom stereocenters. The Balaban J connectivity index is 1.47. The quantitative estimate of drug-likeness (QED) is 0.391. The van der Waals surface area contributed by atoms with Crippen molar-refractivity contribution in [2.75, 3.05) is 0 Å². The number of carbonyl (C=O) groups excluding carboxylic acids is 1. The summed E-state index contributed by atoms with van der Waals surface area (Å²) in [5, 5.41) is 14.7. The third-order valence-corrected chi connectivity index (χ3v) is 5.18. The number of nitro benzene ring substituents is 1. The fourth-order valence-electron chi connectivity index (χ4n) is 3.74. The van der Waals surface area contributed by atoms with Crippen molar-refractivity contribution < 1.29 is 9.72 Å². The van der Waals surface area contributed by atoms with Gasteiger partial charge in [-0.3, -0.25) is 14.9 Å². The summed E-state index contributed by atoms with van der Waals surface area (Å²) in [6.45, 7) is 0. The molecule has 3 aromatic carbocycles. The molecule has 0 aromatic heterocycles. The van der Waals surface area contributed by atoms with E-state index in [2.05, 4.69) is 10.5 Å². The molecule has 1 N–H and O–H groups in total. The highest BCUT2D eigenvalue weighted by atomic mass is 16.6. The average Bonchev–Trinajstić information content (AvgIpc) is 3.51. The van der Waals surface area contributed by atoms with Crippen LogP contribution in [0.5, 0.6) is 0 Å². The van der Waals surface area contributed by atoms with Crippen LogP contribution in [0.25, 0.3) is 0 Å². The van der Waals surface area contributed by atoms with Gasteiger partial charge in [-0.05, 0) is 28.8 Å². The molecule has 3 aromatic rings. The summed E-state index contributed by atoms with van der Waals surface area (Å²) in [6, 6.07) is 26.0. The number of hydrazone groups is 1. The predicted octanol–water partition coefficient (Wildman–Crippen LogP) is 4.24. The molecule has 0 radical (unpaired) electrons. The van der Waals surface area contributed by atoms with Crippen LogP contribution in [0, 0.1) is 16.0 Å². The summed E-state index contributed by atoms with van der Waals surface area (Å²) >= 11 is 0. The highest BCUT2D eigenvalue weighted by molar-refractivity contribution is 5.87. The molecule has 2 atom stereocenters.